The van der Waals surface area contributed by atoms with Crippen LogP contribution in [0.1, 0.15) is 6.42 Å². The van der Waals surface area contributed by atoms with Crippen LogP contribution >= 0.6 is 0 Å². The summed E-state index contributed by atoms with van der Waals surface area (Å²) in [7, 11) is 0. The average molecular weight is 186 g/mol. The van der Waals surface area contributed by atoms with Gasteiger partial charge < -0.3 is 15.1 Å². The molecule has 13 heavy (non-hydrogen) atoms. The summed E-state index contributed by atoms with van der Waals surface area (Å²) in [5.41, 5.74) is 0. The van der Waals surface area contributed by atoms with E-state index in [2.05, 4.69) is 4.99 Å². The highest BCUT2D eigenvalue weighted by molar-refractivity contribution is 5.98. The van der Waals surface area contributed by atoms with Gasteiger partial charge in [-0.15, -0.1) is 0 Å². The molecule has 0 amide bonds. The fourth-order valence-electron chi connectivity index (χ4n) is 1.17. The van der Waals surface area contributed by atoms with Crippen LogP contribution in [-0.2, 0) is 9.59 Å². The maximum absolute atomic E-state index is 10.3. The number of aliphatic imine (C=N–C) groups is 1. The first kappa shape index (κ1) is 9.50. The van der Waals surface area contributed by atoms with Crippen LogP contribution in [0.5, 0.6) is 0 Å². The van der Waals surface area contributed by atoms with Gasteiger partial charge in [0.2, 0.25) is 0 Å². The molecular weight excluding hydrogens is 176 g/mol. The maximum atomic E-state index is 10.3. The fraction of sp³-hybridized carbons (Fsp3) is 0.571. The van der Waals surface area contributed by atoms with E-state index < -0.39 is 11.9 Å². The molecule has 0 fully saturated rings. The monoisotopic (exact) mass is 186 g/mol. The molecule has 0 aromatic carbocycles. The number of carboxylic acid groups (broad SMARTS) is 2. The van der Waals surface area contributed by atoms with E-state index >= 15 is 0 Å². The topological polar surface area (TPSA) is 90.2 Å². The zero-order valence-corrected chi connectivity index (χ0v) is 6.93. The van der Waals surface area contributed by atoms with Crippen LogP contribution in [0.15, 0.2) is 4.99 Å². The van der Waals surface area contributed by atoms with E-state index in [-0.39, 0.29) is 13.0 Å². The van der Waals surface area contributed by atoms with E-state index in [4.69, 9.17) is 10.2 Å². The van der Waals surface area contributed by atoms with Crippen LogP contribution in [0.25, 0.3) is 0 Å². The number of carbonyl (C=O) groups is 2. The van der Waals surface area contributed by atoms with Crippen molar-refractivity contribution in [1.29, 1.82) is 0 Å². The molecule has 0 aliphatic carbocycles. The maximum Gasteiger partial charge on any atom is 0.323 e. The summed E-state index contributed by atoms with van der Waals surface area (Å²) in [4.78, 5) is 26.1. The lowest BCUT2D eigenvalue weighted by Gasteiger charge is -2.16. The number of nitrogens with zero attached hydrogens (tertiary/aromatic N) is 2. The van der Waals surface area contributed by atoms with Crippen LogP contribution in [0.2, 0.25) is 0 Å². The molecule has 0 aromatic heterocycles. The van der Waals surface area contributed by atoms with E-state index in [9.17, 15) is 9.59 Å². The highest BCUT2D eigenvalue weighted by Crippen LogP contribution is 2.04. The minimum atomic E-state index is -0.990. The lowest BCUT2D eigenvalue weighted by molar-refractivity contribution is -0.138. The molecule has 0 spiro atoms. The third kappa shape index (κ3) is 2.73. The van der Waals surface area contributed by atoms with E-state index in [0.717, 1.165) is 0 Å². The summed E-state index contributed by atoms with van der Waals surface area (Å²) in [5.74, 6) is -1.61. The lowest BCUT2D eigenvalue weighted by atomic mass is 10.3. The fourth-order valence-corrected chi connectivity index (χ4v) is 1.17. The molecule has 0 unspecified atom stereocenters. The smallest absolute Gasteiger partial charge is 0.323 e. The van der Waals surface area contributed by atoms with Gasteiger partial charge in [-0.1, -0.05) is 0 Å². The average Bonchev–Trinajstić information content (AvgIpc) is 2.34. The predicted molar refractivity (Wildman–Crippen MR) is 43.8 cm³/mol. The Labute approximate surface area is 74.5 Å². The highest BCUT2D eigenvalue weighted by Gasteiger charge is 2.20. The summed E-state index contributed by atoms with van der Waals surface area (Å²) < 4.78 is 0. The van der Waals surface area contributed by atoms with Gasteiger partial charge in [-0.25, -0.2) is 0 Å². The van der Waals surface area contributed by atoms with Crippen molar-refractivity contribution in [2.24, 2.45) is 4.99 Å². The lowest BCUT2D eigenvalue weighted by Crippen LogP contribution is -2.34. The summed E-state index contributed by atoms with van der Waals surface area (Å²) in [6.45, 7) is 0.802. The van der Waals surface area contributed by atoms with Gasteiger partial charge in [-0.05, 0) is 0 Å². The van der Waals surface area contributed by atoms with Crippen molar-refractivity contribution in [3.63, 3.8) is 0 Å². The van der Waals surface area contributed by atoms with Crippen molar-refractivity contribution in [2.75, 3.05) is 19.6 Å². The van der Waals surface area contributed by atoms with Gasteiger partial charge in [0.15, 0.2) is 0 Å². The third-order valence-corrected chi connectivity index (χ3v) is 1.66. The molecular formula is C7H10N2O4. The van der Waals surface area contributed by atoms with Crippen molar-refractivity contribution >= 4 is 17.8 Å². The summed E-state index contributed by atoms with van der Waals surface area (Å²) >= 11 is 0. The zero-order chi connectivity index (χ0) is 9.84. The Balaban J connectivity index is 2.52. The molecule has 1 heterocycles. The van der Waals surface area contributed by atoms with Gasteiger partial charge in [0, 0.05) is 6.54 Å². The molecule has 6 heteroatoms. The van der Waals surface area contributed by atoms with Crippen molar-refractivity contribution in [3.8, 4) is 0 Å². The van der Waals surface area contributed by atoms with Crippen LogP contribution in [-0.4, -0.2) is 52.5 Å². The van der Waals surface area contributed by atoms with Gasteiger partial charge >= 0.3 is 11.9 Å². The van der Waals surface area contributed by atoms with E-state index in [1.807, 2.05) is 0 Å². The predicted octanol–water partition coefficient (Wildman–Crippen LogP) is -0.740. The number of hydrogen-bond donors (Lipinski definition) is 2. The first-order valence-corrected chi connectivity index (χ1v) is 3.81. The van der Waals surface area contributed by atoms with Crippen LogP contribution < -0.4 is 0 Å². The Kier molecular flexibility index (Phi) is 2.84. The molecule has 1 aliphatic heterocycles. The Morgan fingerprint density at radius 3 is 2.62 bits per heavy atom. The van der Waals surface area contributed by atoms with E-state index in [0.29, 0.717) is 18.9 Å². The number of carboxylic acids is 2. The van der Waals surface area contributed by atoms with Crippen LogP contribution in [0.4, 0.5) is 0 Å². The SMILES string of the molecule is O=C(O)CC1=NCCN1CC(=O)O. The number of rotatable bonds is 4. The van der Waals surface area contributed by atoms with Gasteiger partial charge in [0.05, 0.1) is 6.54 Å². The summed E-state index contributed by atoms with van der Waals surface area (Å²) in [6, 6.07) is 0. The molecule has 1 aliphatic rings. The van der Waals surface area contributed by atoms with Crippen LogP contribution in [0, 0.1) is 0 Å². The van der Waals surface area contributed by atoms with Crippen molar-refractivity contribution < 1.29 is 19.8 Å². The van der Waals surface area contributed by atoms with Gasteiger partial charge in [-0.3, -0.25) is 14.6 Å². The molecule has 72 valence electrons. The minimum absolute atomic E-state index is 0.174. The molecule has 2 N–H and O–H groups in total. The van der Waals surface area contributed by atoms with Crippen molar-refractivity contribution in [3.05, 3.63) is 0 Å². The second-order valence-corrected chi connectivity index (χ2v) is 2.68. The molecule has 0 aromatic rings. The van der Waals surface area contributed by atoms with E-state index in [1.54, 1.807) is 0 Å². The number of amidine groups is 1. The Morgan fingerprint density at radius 1 is 1.38 bits per heavy atom. The normalized spacial score (nSPS) is 15.7. The first-order valence-electron chi connectivity index (χ1n) is 3.81. The molecule has 0 atom stereocenters. The molecule has 0 saturated heterocycles. The largest absolute Gasteiger partial charge is 0.481 e. The van der Waals surface area contributed by atoms with Crippen molar-refractivity contribution in [1.82, 2.24) is 4.90 Å². The third-order valence-electron chi connectivity index (χ3n) is 1.66. The number of aliphatic carboxylic acids is 2. The molecule has 0 saturated carbocycles. The van der Waals surface area contributed by atoms with Gasteiger partial charge in [0.25, 0.3) is 0 Å². The van der Waals surface area contributed by atoms with Crippen LogP contribution in [0.3, 0.4) is 0 Å². The second kappa shape index (κ2) is 3.88. The molecule has 0 radical (unpaired) electrons. The quantitative estimate of drug-likeness (QED) is 0.603. The Morgan fingerprint density at radius 2 is 2.08 bits per heavy atom. The van der Waals surface area contributed by atoms with Gasteiger partial charge in [0.1, 0.15) is 18.8 Å². The zero-order valence-electron chi connectivity index (χ0n) is 6.93. The highest BCUT2D eigenvalue weighted by atomic mass is 16.4. The van der Waals surface area contributed by atoms with Crippen molar-refractivity contribution in [2.45, 2.75) is 6.42 Å². The standard InChI is InChI=1S/C7H10N2O4/c10-6(11)3-5-8-1-2-9(5)4-7(12)13/h1-4H2,(H,10,11)(H,12,13). The van der Waals surface area contributed by atoms with E-state index in [1.165, 1.54) is 4.90 Å². The molecule has 0 bridgehead atoms. The first-order chi connectivity index (χ1) is 6.09. The summed E-state index contributed by atoms with van der Waals surface area (Å²) in [5, 5.41) is 17.0. The van der Waals surface area contributed by atoms with Gasteiger partial charge in [-0.2, -0.15) is 0 Å². The summed E-state index contributed by atoms with van der Waals surface area (Å²) in [6.07, 6.45) is -0.201. The Hall–Kier alpha value is -1.59. The minimum Gasteiger partial charge on any atom is -0.481 e. The second-order valence-electron chi connectivity index (χ2n) is 2.68. The Bertz CT molecular complexity index is 261. The number of hydrogen-bond acceptors (Lipinski definition) is 4. The molecule has 1 rings (SSSR count). The molecule has 6 nitrogen and oxygen atoms in total.